The molecule has 1 aromatic heterocycles. The summed E-state index contributed by atoms with van der Waals surface area (Å²) in [5, 5.41) is 28.1. The molecule has 5 N–H and O–H groups in total. The summed E-state index contributed by atoms with van der Waals surface area (Å²) in [6.07, 6.45) is 0.817. The van der Waals surface area contributed by atoms with Crippen LogP contribution in [0.1, 0.15) is 52.8 Å². The second kappa shape index (κ2) is 15.2. The highest BCUT2D eigenvalue weighted by Crippen LogP contribution is 2.31. The number of carbonyl (C=O) groups excluding carboxylic acids is 1. The first kappa shape index (κ1) is 33.3. The number of alkyl carbamates (subject to hydrolysis) is 1. The maximum Gasteiger partial charge on any atom is 0.408 e. The Labute approximate surface area is 290 Å². The van der Waals surface area contributed by atoms with Crippen LogP contribution in [-0.2, 0) is 17.9 Å². The molecule has 1 amide bonds. The number of aliphatic hydroxyl groups is 1. The molecule has 3 atom stereocenters. The van der Waals surface area contributed by atoms with Gasteiger partial charge in [-0.1, -0.05) is 72.8 Å². The Kier molecular flexibility index (Phi) is 10.1. The first-order valence-electron chi connectivity index (χ1n) is 17.2. The molecule has 50 heavy (non-hydrogen) atoms. The second-order valence-electron chi connectivity index (χ2n) is 13.2. The van der Waals surface area contributed by atoms with Crippen molar-refractivity contribution in [2.75, 3.05) is 26.2 Å². The number of ether oxygens (including phenoxy) is 2. The number of aromatic nitrogens is 1. The molecule has 0 unspecified atom stereocenters. The van der Waals surface area contributed by atoms with Crippen LogP contribution in [0.3, 0.4) is 0 Å². The molecular formula is C40H42N4O6. The zero-order valence-electron chi connectivity index (χ0n) is 27.8. The molecule has 3 aliphatic heterocycles. The average Bonchev–Trinajstić information content (AvgIpc) is 3.14. The van der Waals surface area contributed by atoms with Gasteiger partial charge >= 0.3 is 6.09 Å². The number of pyridine rings is 1. The van der Waals surface area contributed by atoms with E-state index in [9.17, 15) is 19.8 Å². The molecule has 3 aliphatic rings. The number of phenols is 1. The van der Waals surface area contributed by atoms with Gasteiger partial charge in [0, 0.05) is 31.1 Å². The van der Waals surface area contributed by atoms with E-state index in [0.717, 1.165) is 54.7 Å². The first-order valence-corrected chi connectivity index (χ1v) is 17.2. The highest BCUT2D eigenvalue weighted by molar-refractivity contribution is 5.87. The van der Waals surface area contributed by atoms with E-state index in [-0.39, 0.29) is 24.0 Å². The maximum atomic E-state index is 13.2. The van der Waals surface area contributed by atoms with Crippen molar-refractivity contribution in [1.82, 2.24) is 20.5 Å². The fourth-order valence-electron chi connectivity index (χ4n) is 7.13. The van der Waals surface area contributed by atoms with Crippen LogP contribution in [0.25, 0.3) is 10.9 Å². The third-order valence-electron chi connectivity index (χ3n) is 9.77. The Hall–Kier alpha value is -5.16. The molecule has 2 bridgehead atoms. The topological polar surface area (TPSA) is 136 Å². The number of phenolic OH excluding ortho intramolecular Hbond substituents is 1. The Morgan fingerprint density at radius 1 is 0.900 bits per heavy atom. The quantitative estimate of drug-likeness (QED) is 0.116. The van der Waals surface area contributed by atoms with Crippen LogP contribution in [0.5, 0.6) is 11.5 Å². The van der Waals surface area contributed by atoms with Crippen LogP contribution in [-0.4, -0.2) is 58.5 Å². The molecular weight excluding hydrogens is 632 g/mol. The predicted molar refractivity (Wildman–Crippen MR) is 191 cm³/mol. The van der Waals surface area contributed by atoms with E-state index >= 15 is 0 Å². The molecule has 3 saturated heterocycles. The summed E-state index contributed by atoms with van der Waals surface area (Å²) in [5.74, 6) is 1.07. The van der Waals surface area contributed by atoms with Gasteiger partial charge in [0.1, 0.15) is 24.2 Å². The Morgan fingerprint density at radius 2 is 1.68 bits per heavy atom. The Morgan fingerprint density at radius 3 is 2.48 bits per heavy atom. The SMILES string of the molecule is O=C(N[C@@H](c1ccccc1)c1cccc(OCc2cccc(CNC[C@H](O)c3ccc(O)c4[nH]c(=O)ccc34)c2)c1)O[C@H]1CN2CCC1CC2. The van der Waals surface area contributed by atoms with E-state index in [1.807, 2.05) is 72.8 Å². The smallest absolute Gasteiger partial charge is 0.408 e. The molecule has 4 heterocycles. The molecule has 0 spiro atoms. The number of benzene rings is 4. The van der Waals surface area contributed by atoms with Crippen molar-refractivity contribution in [2.45, 2.75) is 44.2 Å². The molecule has 0 aliphatic carbocycles. The number of fused-ring (bicyclic) bond motifs is 4. The first-order chi connectivity index (χ1) is 24.4. The maximum absolute atomic E-state index is 13.2. The molecule has 5 aromatic rings. The van der Waals surface area contributed by atoms with Crippen LogP contribution in [0.2, 0.25) is 0 Å². The normalized spacial score (nSPS) is 19.5. The lowest BCUT2D eigenvalue weighted by atomic mass is 9.86. The van der Waals surface area contributed by atoms with Gasteiger partial charge in [-0.2, -0.15) is 0 Å². The van der Waals surface area contributed by atoms with Crippen molar-refractivity contribution in [1.29, 1.82) is 0 Å². The number of amides is 1. The van der Waals surface area contributed by atoms with E-state index < -0.39 is 18.2 Å². The summed E-state index contributed by atoms with van der Waals surface area (Å²) in [4.78, 5) is 30.0. The number of aromatic hydroxyl groups is 1. The Bertz CT molecular complexity index is 1990. The van der Waals surface area contributed by atoms with Gasteiger partial charge < -0.3 is 35.3 Å². The van der Waals surface area contributed by atoms with E-state index in [1.165, 1.54) is 12.1 Å². The van der Waals surface area contributed by atoms with Crippen molar-refractivity contribution < 1.29 is 24.5 Å². The van der Waals surface area contributed by atoms with Crippen LogP contribution >= 0.6 is 0 Å². The molecule has 3 fully saturated rings. The fraction of sp³-hybridized carbons (Fsp3) is 0.300. The lowest BCUT2D eigenvalue weighted by Gasteiger charge is -2.43. The number of H-pyrrole nitrogens is 1. The predicted octanol–water partition coefficient (Wildman–Crippen LogP) is 5.55. The Balaban J connectivity index is 0.966. The summed E-state index contributed by atoms with van der Waals surface area (Å²) >= 11 is 0. The van der Waals surface area contributed by atoms with Crippen molar-refractivity contribution in [3.8, 4) is 11.5 Å². The van der Waals surface area contributed by atoms with E-state index in [4.69, 9.17) is 9.47 Å². The van der Waals surface area contributed by atoms with Gasteiger partial charge in [0.15, 0.2) is 0 Å². The standard InChI is InChI=1S/C40H42N4O6/c45-34-14-12-32(33-13-15-37(47)42-39(33)34)35(46)23-41-22-26-6-4-7-27(20-26)25-49-31-11-5-10-30(21-31)38(29-8-2-1-3-9-29)43-40(48)50-36-24-44-18-16-28(36)17-19-44/h1-15,20-21,28,35-36,38,41,45-46H,16-19,22-25H2,(H,42,47)(H,43,48)/t35-,36-,38-/m0/s1. The number of piperidine rings is 3. The summed E-state index contributed by atoms with van der Waals surface area (Å²) in [5.41, 5.74) is 4.46. The minimum Gasteiger partial charge on any atom is -0.506 e. The number of hydrogen-bond acceptors (Lipinski definition) is 8. The summed E-state index contributed by atoms with van der Waals surface area (Å²) in [6.45, 7) is 4.12. The molecule has 10 nitrogen and oxygen atoms in total. The van der Waals surface area contributed by atoms with Gasteiger partial charge in [0.05, 0.1) is 17.7 Å². The van der Waals surface area contributed by atoms with Crippen LogP contribution < -0.4 is 20.9 Å². The molecule has 0 radical (unpaired) electrons. The van der Waals surface area contributed by atoms with Gasteiger partial charge in [-0.3, -0.25) is 9.69 Å². The van der Waals surface area contributed by atoms with Crippen molar-refractivity contribution in [3.05, 3.63) is 141 Å². The summed E-state index contributed by atoms with van der Waals surface area (Å²) in [6, 6.07) is 31.4. The number of aromatic amines is 1. The molecule has 4 aromatic carbocycles. The van der Waals surface area contributed by atoms with Gasteiger partial charge in [-0.05, 0) is 83.9 Å². The highest BCUT2D eigenvalue weighted by Gasteiger charge is 2.37. The van der Waals surface area contributed by atoms with Gasteiger partial charge in [0.25, 0.3) is 0 Å². The third kappa shape index (κ3) is 7.83. The fourth-order valence-corrected chi connectivity index (χ4v) is 7.13. The number of carbonyl (C=O) groups is 1. The lowest BCUT2D eigenvalue weighted by molar-refractivity contribution is -0.0336. The van der Waals surface area contributed by atoms with Gasteiger partial charge in [0.2, 0.25) is 5.56 Å². The van der Waals surface area contributed by atoms with E-state index in [2.05, 4.69) is 26.6 Å². The number of rotatable bonds is 12. The van der Waals surface area contributed by atoms with Crippen LogP contribution in [0, 0.1) is 5.92 Å². The number of aliphatic hydroxyl groups excluding tert-OH is 1. The zero-order valence-corrected chi connectivity index (χ0v) is 27.8. The van der Waals surface area contributed by atoms with Crippen LogP contribution in [0.15, 0.2) is 108 Å². The minimum atomic E-state index is -0.848. The molecule has 258 valence electrons. The number of nitrogens with zero attached hydrogens (tertiary/aromatic N) is 1. The summed E-state index contributed by atoms with van der Waals surface area (Å²) < 4.78 is 12.2. The van der Waals surface area contributed by atoms with Crippen molar-refractivity contribution >= 4 is 17.0 Å². The largest absolute Gasteiger partial charge is 0.506 e. The van der Waals surface area contributed by atoms with Gasteiger partial charge in [-0.25, -0.2) is 4.79 Å². The molecule has 10 heteroatoms. The molecule has 8 rings (SSSR count). The van der Waals surface area contributed by atoms with Crippen molar-refractivity contribution in [2.24, 2.45) is 5.92 Å². The zero-order chi connectivity index (χ0) is 34.5. The highest BCUT2D eigenvalue weighted by atomic mass is 16.6. The van der Waals surface area contributed by atoms with Gasteiger partial charge in [-0.15, -0.1) is 0 Å². The van der Waals surface area contributed by atoms with Crippen molar-refractivity contribution in [3.63, 3.8) is 0 Å². The lowest BCUT2D eigenvalue weighted by Crippen LogP contribution is -2.52. The summed E-state index contributed by atoms with van der Waals surface area (Å²) in [7, 11) is 0. The third-order valence-corrected chi connectivity index (χ3v) is 9.77. The number of hydrogen-bond donors (Lipinski definition) is 5. The van der Waals surface area contributed by atoms with E-state index in [0.29, 0.717) is 41.3 Å². The monoisotopic (exact) mass is 674 g/mol. The number of nitrogens with one attached hydrogen (secondary N) is 3. The van der Waals surface area contributed by atoms with E-state index in [1.54, 1.807) is 12.1 Å². The molecule has 0 saturated carbocycles. The second-order valence-corrected chi connectivity index (χ2v) is 13.2. The minimum absolute atomic E-state index is 0.0420. The average molecular weight is 675 g/mol. The van der Waals surface area contributed by atoms with Crippen LogP contribution in [0.4, 0.5) is 4.79 Å².